The molecule has 0 atom stereocenters. The van der Waals surface area contributed by atoms with Crippen molar-refractivity contribution in [3.05, 3.63) is 34.9 Å². The van der Waals surface area contributed by atoms with Crippen molar-refractivity contribution in [2.45, 2.75) is 39.5 Å². The van der Waals surface area contributed by atoms with Crippen LogP contribution in [-0.4, -0.2) is 11.2 Å². The molecule has 1 aromatic carbocycles. The maximum atomic E-state index is 11.3. The van der Waals surface area contributed by atoms with E-state index in [-0.39, 0.29) is 5.92 Å². The lowest BCUT2D eigenvalue weighted by molar-refractivity contribution is -0.182. The molecule has 0 amide bonds. The molecule has 3 heteroatoms. The van der Waals surface area contributed by atoms with Crippen LogP contribution >= 0.6 is 0 Å². The van der Waals surface area contributed by atoms with Gasteiger partial charge in [-0.3, -0.25) is 4.89 Å². The van der Waals surface area contributed by atoms with Crippen LogP contribution in [0.3, 0.4) is 0 Å². The molecule has 0 aliphatic carbocycles. The number of hydrogen-bond donors (Lipinski definition) is 1. The Hall–Kier alpha value is -1.35. The molecule has 0 spiro atoms. The molecule has 0 saturated heterocycles. The zero-order valence-electron chi connectivity index (χ0n) is 10.2. The molecule has 88 valence electrons. The second-order valence-corrected chi connectivity index (χ2v) is 4.53. The summed E-state index contributed by atoms with van der Waals surface area (Å²) in [6, 6.07) is 5.60. The Kier molecular flexibility index (Phi) is 4.07. The molecule has 0 aromatic heterocycles. The highest BCUT2D eigenvalue weighted by Gasteiger charge is 2.16. The Morgan fingerprint density at radius 3 is 2.25 bits per heavy atom. The van der Waals surface area contributed by atoms with Gasteiger partial charge in [-0.15, -0.1) is 0 Å². The minimum absolute atomic E-state index is 0.216. The van der Waals surface area contributed by atoms with Crippen molar-refractivity contribution >= 4 is 5.97 Å². The summed E-state index contributed by atoms with van der Waals surface area (Å²) < 4.78 is 0. The minimum atomic E-state index is -0.695. The zero-order valence-corrected chi connectivity index (χ0v) is 10.2. The summed E-state index contributed by atoms with van der Waals surface area (Å²) in [7, 11) is 0. The molecule has 0 radical (unpaired) electrons. The minimum Gasteiger partial charge on any atom is -0.295 e. The van der Waals surface area contributed by atoms with Crippen molar-refractivity contribution in [3.8, 4) is 0 Å². The monoisotopic (exact) mass is 222 g/mol. The first-order chi connectivity index (χ1) is 7.47. The van der Waals surface area contributed by atoms with Crippen LogP contribution in [0.1, 0.15) is 61.0 Å². The maximum Gasteiger partial charge on any atom is 0.373 e. The Labute approximate surface area is 96.0 Å². The number of rotatable bonds is 3. The van der Waals surface area contributed by atoms with Gasteiger partial charge in [-0.25, -0.2) is 4.79 Å². The van der Waals surface area contributed by atoms with Crippen LogP contribution in [0.15, 0.2) is 18.2 Å². The number of carbonyl (C=O) groups is 1. The van der Waals surface area contributed by atoms with Crippen molar-refractivity contribution in [1.82, 2.24) is 0 Å². The summed E-state index contributed by atoms with van der Waals surface area (Å²) in [6.45, 7) is 8.22. The van der Waals surface area contributed by atoms with Crippen LogP contribution in [0.4, 0.5) is 0 Å². The van der Waals surface area contributed by atoms with Gasteiger partial charge in [0.2, 0.25) is 0 Å². The normalized spacial score (nSPS) is 10.9. The molecule has 0 aliphatic heterocycles. The van der Waals surface area contributed by atoms with Crippen LogP contribution in [0.5, 0.6) is 0 Å². The Bertz CT molecular complexity index is 381. The van der Waals surface area contributed by atoms with Crippen LogP contribution in [0.2, 0.25) is 0 Å². The molecule has 0 saturated carbocycles. The molecule has 0 unspecified atom stereocenters. The molecule has 0 fully saturated rings. The van der Waals surface area contributed by atoms with Crippen LogP contribution in [-0.2, 0) is 4.89 Å². The number of benzene rings is 1. The summed E-state index contributed by atoms with van der Waals surface area (Å²) in [5, 5.41) is 8.42. The third kappa shape index (κ3) is 2.61. The van der Waals surface area contributed by atoms with Gasteiger partial charge in [0.05, 0.1) is 5.56 Å². The van der Waals surface area contributed by atoms with Crippen molar-refractivity contribution in [2.75, 3.05) is 0 Å². The van der Waals surface area contributed by atoms with E-state index in [4.69, 9.17) is 5.26 Å². The van der Waals surface area contributed by atoms with E-state index < -0.39 is 5.97 Å². The number of carbonyl (C=O) groups excluding carboxylic acids is 1. The molecule has 3 nitrogen and oxygen atoms in total. The first-order valence-electron chi connectivity index (χ1n) is 5.47. The summed E-state index contributed by atoms with van der Waals surface area (Å²) >= 11 is 0. The smallest absolute Gasteiger partial charge is 0.295 e. The van der Waals surface area contributed by atoms with Gasteiger partial charge in [0, 0.05) is 0 Å². The summed E-state index contributed by atoms with van der Waals surface area (Å²) in [4.78, 5) is 15.1. The largest absolute Gasteiger partial charge is 0.373 e. The van der Waals surface area contributed by atoms with Crippen molar-refractivity contribution < 1.29 is 14.9 Å². The lowest BCUT2D eigenvalue weighted by Gasteiger charge is -2.14. The number of hydrogen-bond acceptors (Lipinski definition) is 3. The van der Waals surface area contributed by atoms with E-state index >= 15 is 0 Å². The van der Waals surface area contributed by atoms with Crippen LogP contribution < -0.4 is 0 Å². The lowest BCUT2D eigenvalue weighted by Crippen LogP contribution is -2.08. The quantitative estimate of drug-likeness (QED) is 0.628. The molecule has 0 aliphatic rings. The Balaban J connectivity index is 3.25. The Morgan fingerprint density at radius 2 is 1.81 bits per heavy atom. The van der Waals surface area contributed by atoms with Gasteiger partial charge >= 0.3 is 5.97 Å². The fourth-order valence-corrected chi connectivity index (χ4v) is 1.65. The second kappa shape index (κ2) is 5.12. The second-order valence-electron chi connectivity index (χ2n) is 4.53. The molecule has 0 bridgehead atoms. The van der Waals surface area contributed by atoms with E-state index in [0.717, 1.165) is 5.56 Å². The van der Waals surface area contributed by atoms with Crippen molar-refractivity contribution in [3.63, 3.8) is 0 Å². The van der Waals surface area contributed by atoms with Gasteiger partial charge in [-0.05, 0) is 29.0 Å². The predicted octanol–water partition coefficient (Wildman–Crippen LogP) is 3.56. The van der Waals surface area contributed by atoms with E-state index in [1.165, 1.54) is 5.56 Å². The standard InChI is InChI=1S/C13H18O3/c1-8(2)10-5-6-11(13(14)16-15)12(7-10)9(3)4/h5-9,15H,1-4H3. The highest BCUT2D eigenvalue weighted by Crippen LogP contribution is 2.25. The van der Waals surface area contributed by atoms with E-state index in [9.17, 15) is 4.79 Å². The average Bonchev–Trinajstić information content (AvgIpc) is 2.26. The SMILES string of the molecule is CC(C)c1ccc(C(=O)OO)c(C(C)C)c1. The lowest BCUT2D eigenvalue weighted by atomic mass is 9.91. The van der Waals surface area contributed by atoms with Crippen LogP contribution in [0.25, 0.3) is 0 Å². The third-order valence-corrected chi connectivity index (χ3v) is 2.67. The molecule has 16 heavy (non-hydrogen) atoms. The predicted molar refractivity (Wildman–Crippen MR) is 62.7 cm³/mol. The first kappa shape index (κ1) is 12.7. The zero-order chi connectivity index (χ0) is 12.3. The van der Waals surface area contributed by atoms with Crippen LogP contribution in [0, 0.1) is 0 Å². The summed E-state index contributed by atoms with van der Waals surface area (Å²) in [5.74, 6) is -0.0662. The van der Waals surface area contributed by atoms with Gasteiger partial charge in [-0.2, -0.15) is 5.26 Å². The van der Waals surface area contributed by atoms with Gasteiger partial charge < -0.3 is 0 Å². The van der Waals surface area contributed by atoms with Crippen molar-refractivity contribution in [1.29, 1.82) is 0 Å². The molecular weight excluding hydrogens is 204 g/mol. The highest BCUT2D eigenvalue weighted by molar-refractivity contribution is 5.91. The van der Waals surface area contributed by atoms with E-state index in [1.54, 1.807) is 6.07 Å². The molecule has 1 N–H and O–H groups in total. The molecule has 1 aromatic rings. The fourth-order valence-electron chi connectivity index (χ4n) is 1.65. The van der Waals surface area contributed by atoms with Gasteiger partial charge in [0.15, 0.2) is 0 Å². The van der Waals surface area contributed by atoms with E-state index in [2.05, 4.69) is 18.7 Å². The highest BCUT2D eigenvalue weighted by atomic mass is 17.1. The van der Waals surface area contributed by atoms with Crippen molar-refractivity contribution in [2.24, 2.45) is 0 Å². The van der Waals surface area contributed by atoms with E-state index in [0.29, 0.717) is 11.5 Å². The Morgan fingerprint density at radius 1 is 1.19 bits per heavy atom. The topological polar surface area (TPSA) is 46.5 Å². The molecular formula is C13H18O3. The van der Waals surface area contributed by atoms with Gasteiger partial charge in [-0.1, -0.05) is 39.8 Å². The summed E-state index contributed by atoms with van der Waals surface area (Å²) in [5.41, 5.74) is 2.52. The van der Waals surface area contributed by atoms with Gasteiger partial charge in [0.25, 0.3) is 0 Å². The van der Waals surface area contributed by atoms with Gasteiger partial charge in [0.1, 0.15) is 0 Å². The average molecular weight is 222 g/mol. The fraction of sp³-hybridized carbons (Fsp3) is 0.462. The molecule has 0 heterocycles. The van der Waals surface area contributed by atoms with E-state index in [1.807, 2.05) is 26.0 Å². The third-order valence-electron chi connectivity index (χ3n) is 2.67. The first-order valence-corrected chi connectivity index (χ1v) is 5.47. The maximum absolute atomic E-state index is 11.3. The molecule has 1 rings (SSSR count). The summed E-state index contributed by atoms with van der Waals surface area (Å²) in [6.07, 6.45) is 0.